The lowest BCUT2D eigenvalue weighted by Gasteiger charge is -1.94. The molecule has 0 radical (unpaired) electrons. The van der Waals surface area contributed by atoms with Crippen molar-refractivity contribution in [2.75, 3.05) is 12.3 Å². The average molecular weight is 126 g/mol. The van der Waals surface area contributed by atoms with Gasteiger partial charge in [0.1, 0.15) is 0 Å². The highest BCUT2D eigenvalue weighted by Crippen LogP contribution is 2.00. The van der Waals surface area contributed by atoms with Gasteiger partial charge in [-0.15, -0.1) is 0 Å². The van der Waals surface area contributed by atoms with Gasteiger partial charge >= 0.3 is 0 Å². The summed E-state index contributed by atoms with van der Waals surface area (Å²) < 4.78 is 1.84. The molecule has 0 unspecified atom stereocenters. The topological polar surface area (TPSA) is 51.2 Å². The Labute approximate surface area is 53.7 Å². The van der Waals surface area contributed by atoms with Gasteiger partial charge in [-0.3, -0.25) is 0 Å². The molecule has 0 fully saturated rings. The van der Waals surface area contributed by atoms with E-state index in [4.69, 9.17) is 10.8 Å². The number of rotatable bonds is 2. The molecular weight excluding hydrogens is 116 g/mol. The first-order valence-corrected chi connectivity index (χ1v) is 2.85. The molecule has 0 atom stereocenters. The highest BCUT2D eigenvalue weighted by atomic mass is 16.3. The summed E-state index contributed by atoms with van der Waals surface area (Å²) in [6, 6.07) is 1.80. The molecule has 0 aliphatic carbocycles. The molecule has 0 amide bonds. The van der Waals surface area contributed by atoms with Crippen LogP contribution in [0.15, 0.2) is 18.5 Å². The maximum Gasteiger partial charge on any atom is 0.0610 e. The fraction of sp³-hybridized carbons (Fsp3) is 0.333. The SMILES string of the molecule is Nc1ccn(CCO)c1. The van der Waals surface area contributed by atoms with Crippen LogP contribution in [0.1, 0.15) is 0 Å². The molecule has 1 heterocycles. The normalized spacial score (nSPS) is 9.89. The number of anilines is 1. The zero-order valence-corrected chi connectivity index (χ0v) is 5.12. The minimum Gasteiger partial charge on any atom is -0.398 e. The van der Waals surface area contributed by atoms with E-state index in [1.54, 1.807) is 12.3 Å². The molecular formula is C6H10N2O. The van der Waals surface area contributed by atoms with Crippen LogP contribution in [0.4, 0.5) is 5.69 Å². The average Bonchev–Trinajstić information content (AvgIpc) is 2.17. The van der Waals surface area contributed by atoms with Crippen LogP contribution in [0, 0.1) is 0 Å². The molecule has 0 bridgehead atoms. The smallest absolute Gasteiger partial charge is 0.0610 e. The maximum atomic E-state index is 8.47. The molecule has 1 aromatic rings. The lowest BCUT2D eigenvalue weighted by Crippen LogP contribution is -1.97. The van der Waals surface area contributed by atoms with Crippen molar-refractivity contribution < 1.29 is 5.11 Å². The molecule has 1 rings (SSSR count). The number of aliphatic hydroxyl groups is 1. The van der Waals surface area contributed by atoms with Crippen molar-refractivity contribution in [2.24, 2.45) is 0 Å². The van der Waals surface area contributed by atoms with Crippen LogP contribution in [0.5, 0.6) is 0 Å². The Bertz CT molecular complexity index is 183. The summed E-state index contributed by atoms with van der Waals surface area (Å²) in [4.78, 5) is 0. The van der Waals surface area contributed by atoms with Gasteiger partial charge in [0.2, 0.25) is 0 Å². The number of hydrogen-bond acceptors (Lipinski definition) is 2. The van der Waals surface area contributed by atoms with E-state index in [2.05, 4.69) is 0 Å². The predicted octanol–water partition coefficient (Wildman–Crippen LogP) is 0.0626. The standard InChI is InChI=1S/C6H10N2O/c7-6-1-2-8(5-6)3-4-9/h1-2,5,9H,3-4,7H2. The van der Waals surface area contributed by atoms with Gasteiger partial charge in [0.25, 0.3) is 0 Å². The molecule has 0 saturated carbocycles. The first-order chi connectivity index (χ1) is 4.33. The Morgan fingerprint density at radius 2 is 2.44 bits per heavy atom. The quantitative estimate of drug-likeness (QED) is 0.588. The van der Waals surface area contributed by atoms with Crippen LogP contribution in [0.3, 0.4) is 0 Å². The van der Waals surface area contributed by atoms with E-state index in [9.17, 15) is 0 Å². The second kappa shape index (κ2) is 2.55. The van der Waals surface area contributed by atoms with Crippen LogP contribution >= 0.6 is 0 Å². The molecule has 1 aromatic heterocycles. The van der Waals surface area contributed by atoms with Gasteiger partial charge in [-0.1, -0.05) is 0 Å². The Kier molecular flexibility index (Phi) is 1.75. The van der Waals surface area contributed by atoms with Gasteiger partial charge in [0.15, 0.2) is 0 Å². The van der Waals surface area contributed by atoms with E-state index in [1.807, 2.05) is 10.8 Å². The lowest BCUT2D eigenvalue weighted by atomic mass is 10.6. The van der Waals surface area contributed by atoms with Crippen molar-refractivity contribution in [1.82, 2.24) is 4.57 Å². The Morgan fingerprint density at radius 1 is 1.67 bits per heavy atom. The number of nitrogen functional groups attached to an aromatic ring is 1. The van der Waals surface area contributed by atoms with Crippen LogP contribution in [-0.2, 0) is 6.54 Å². The Morgan fingerprint density at radius 3 is 2.89 bits per heavy atom. The molecule has 9 heavy (non-hydrogen) atoms. The zero-order valence-electron chi connectivity index (χ0n) is 5.12. The summed E-state index contributed by atoms with van der Waals surface area (Å²) in [7, 11) is 0. The molecule has 0 aliphatic heterocycles. The van der Waals surface area contributed by atoms with Gasteiger partial charge in [0, 0.05) is 24.6 Å². The molecule has 50 valence electrons. The number of nitrogens with zero attached hydrogens (tertiary/aromatic N) is 1. The lowest BCUT2D eigenvalue weighted by molar-refractivity contribution is 0.276. The summed E-state index contributed by atoms with van der Waals surface area (Å²) in [5.74, 6) is 0. The number of nitrogens with two attached hydrogens (primary N) is 1. The van der Waals surface area contributed by atoms with E-state index >= 15 is 0 Å². The van der Waals surface area contributed by atoms with E-state index in [1.165, 1.54) is 0 Å². The van der Waals surface area contributed by atoms with Gasteiger partial charge in [0.05, 0.1) is 6.61 Å². The highest BCUT2D eigenvalue weighted by Gasteiger charge is 1.88. The molecule has 0 aromatic carbocycles. The first-order valence-electron chi connectivity index (χ1n) is 2.85. The van der Waals surface area contributed by atoms with Crippen LogP contribution < -0.4 is 5.73 Å². The van der Waals surface area contributed by atoms with Gasteiger partial charge in [-0.05, 0) is 6.07 Å². The Hall–Kier alpha value is -0.960. The summed E-state index contributed by atoms with van der Waals surface area (Å²) in [6.45, 7) is 0.783. The fourth-order valence-corrected chi connectivity index (χ4v) is 0.714. The van der Waals surface area contributed by atoms with Crippen molar-refractivity contribution in [1.29, 1.82) is 0 Å². The second-order valence-electron chi connectivity index (χ2n) is 1.91. The summed E-state index contributed by atoms with van der Waals surface area (Å²) >= 11 is 0. The van der Waals surface area contributed by atoms with Gasteiger partial charge in [-0.25, -0.2) is 0 Å². The van der Waals surface area contributed by atoms with Crippen LogP contribution in [-0.4, -0.2) is 16.3 Å². The Balaban J connectivity index is 2.61. The number of hydrogen-bond donors (Lipinski definition) is 2. The van der Waals surface area contributed by atoms with Crippen LogP contribution in [0.2, 0.25) is 0 Å². The maximum absolute atomic E-state index is 8.47. The first kappa shape index (κ1) is 6.16. The third-order valence-corrected chi connectivity index (χ3v) is 1.13. The molecule has 0 spiro atoms. The molecule has 3 heteroatoms. The van der Waals surface area contributed by atoms with Crippen molar-refractivity contribution in [3.05, 3.63) is 18.5 Å². The fourth-order valence-electron chi connectivity index (χ4n) is 0.714. The largest absolute Gasteiger partial charge is 0.398 e. The minimum atomic E-state index is 0.161. The number of aliphatic hydroxyl groups excluding tert-OH is 1. The van der Waals surface area contributed by atoms with Gasteiger partial charge in [-0.2, -0.15) is 0 Å². The zero-order chi connectivity index (χ0) is 6.69. The van der Waals surface area contributed by atoms with Gasteiger partial charge < -0.3 is 15.4 Å². The highest BCUT2D eigenvalue weighted by molar-refractivity contribution is 5.34. The van der Waals surface area contributed by atoms with Crippen LogP contribution in [0.25, 0.3) is 0 Å². The second-order valence-corrected chi connectivity index (χ2v) is 1.91. The van der Waals surface area contributed by atoms with E-state index in [-0.39, 0.29) is 6.61 Å². The predicted molar refractivity (Wildman–Crippen MR) is 35.9 cm³/mol. The van der Waals surface area contributed by atoms with Crippen molar-refractivity contribution in [3.8, 4) is 0 Å². The molecule has 3 nitrogen and oxygen atoms in total. The third-order valence-electron chi connectivity index (χ3n) is 1.13. The van der Waals surface area contributed by atoms with Crippen molar-refractivity contribution in [2.45, 2.75) is 6.54 Å². The third kappa shape index (κ3) is 1.47. The summed E-state index contributed by atoms with van der Waals surface area (Å²) in [6.07, 6.45) is 3.63. The summed E-state index contributed by atoms with van der Waals surface area (Å²) in [5.41, 5.74) is 6.15. The van der Waals surface area contributed by atoms with Crippen molar-refractivity contribution >= 4 is 5.69 Å². The minimum absolute atomic E-state index is 0.161. The molecule has 0 aliphatic rings. The molecule has 3 N–H and O–H groups in total. The van der Waals surface area contributed by atoms with E-state index in [0.717, 1.165) is 5.69 Å². The van der Waals surface area contributed by atoms with E-state index < -0.39 is 0 Å². The van der Waals surface area contributed by atoms with Crippen molar-refractivity contribution in [3.63, 3.8) is 0 Å². The summed E-state index contributed by atoms with van der Waals surface area (Å²) in [5, 5.41) is 8.47. The molecule has 0 saturated heterocycles. The monoisotopic (exact) mass is 126 g/mol. The number of aromatic nitrogens is 1. The van der Waals surface area contributed by atoms with E-state index in [0.29, 0.717) is 6.54 Å².